The highest BCUT2D eigenvalue weighted by Crippen LogP contribution is 2.24. The summed E-state index contributed by atoms with van der Waals surface area (Å²) in [5.41, 5.74) is 0.137. The minimum absolute atomic E-state index is 0.446. The van der Waals surface area contributed by atoms with Crippen LogP contribution in [0.2, 0.25) is 5.15 Å². The predicted octanol–water partition coefficient (Wildman–Crippen LogP) is 4.24. The van der Waals surface area contributed by atoms with Crippen LogP contribution in [0.25, 0.3) is 10.8 Å². The van der Waals surface area contributed by atoms with E-state index in [2.05, 4.69) is 10.3 Å². The van der Waals surface area contributed by atoms with Crippen LogP contribution in [-0.4, -0.2) is 16.7 Å². The van der Waals surface area contributed by atoms with E-state index in [4.69, 9.17) is 16.3 Å². The van der Waals surface area contributed by atoms with E-state index in [1.165, 1.54) is 0 Å². The lowest BCUT2D eigenvalue weighted by Gasteiger charge is -2.19. The smallest absolute Gasteiger partial charge is 0.412 e. The van der Waals surface area contributed by atoms with Gasteiger partial charge in [-0.25, -0.2) is 9.78 Å². The lowest BCUT2D eigenvalue weighted by molar-refractivity contribution is 0.0636. The molecule has 0 unspecified atom stereocenters. The summed E-state index contributed by atoms with van der Waals surface area (Å²) in [7, 11) is 0. The fraction of sp³-hybridized carbons (Fsp3) is 0.286. The normalized spacial score (nSPS) is 11.4. The maximum Gasteiger partial charge on any atom is 0.412 e. The summed E-state index contributed by atoms with van der Waals surface area (Å²) in [6, 6.07) is 7.24. The Balaban J connectivity index is 2.20. The molecular weight excluding hydrogens is 264 g/mol. The van der Waals surface area contributed by atoms with Gasteiger partial charge in [-0.2, -0.15) is 0 Å². The molecule has 1 amide bonds. The van der Waals surface area contributed by atoms with Gasteiger partial charge in [0.2, 0.25) is 0 Å². The predicted molar refractivity (Wildman–Crippen MR) is 76.6 cm³/mol. The van der Waals surface area contributed by atoms with Crippen molar-refractivity contribution in [2.24, 2.45) is 0 Å². The van der Waals surface area contributed by atoms with Crippen molar-refractivity contribution >= 4 is 34.2 Å². The quantitative estimate of drug-likeness (QED) is 0.794. The van der Waals surface area contributed by atoms with E-state index < -0.39 is 11.7 Å². The van der Waals surface area contributed by atoms with Gasteiger partial charge in [-0.1, -0.05) is 11.6 Å². The van der Waals surface area contributed by atoms with Gasteiger partial charge >= 0.3 is 6.09 Å². The average molecular weight is 279 g/mol. The van der Waals surface area contributed by atoms with E-state index in [0.29, 0.717) is 10.8 Å². The number of amides is 1. The number of rotatable bonds is 1. The maximum absolute atomic E-state index is 11.7. The zero-order chi connectivity index (χ0) is 14.0. The van der Waals surface area contributed by atoms with Gasteiger partial charge in [-0.3, -0.25) is 5.32 Å². The first-order valence-electron chi connectivity index (χ1n) is 5.89. The van der Waals surface area contributed by atoms with E-state index >= 15 is 0 Å². The molecule has 1 aromatic heterocycles. The summed E-state index contributed by atoms with van der Waals surface area (Å²) in [6.45, 7) is 5.45. The van der Waals surface area contributed by atoms with Gasteiger partial charge in [0, 0.05) is 17.3 Å². The monoisotopic (exact) mass is 278 g/mol. The Morgan fingerprint density at radius 2 is 2.05 bits per heavy atom. The summed E-state index contributed by atoms with van der Waals surface area (Å²) in [5, 5.41) is 4.89. The first kappa shape index (κ1) is 13.6. The molecule has 2 aromatic rings. The molecule has 0 bridgehead atoms. The molecule has 1 N–H and O–H groups in total. The van der Waals surface area contributed by atoms with Gasteiger partial charge in [0.1, 0.15) is 10.8 Å². The van der Waals surface area contributed by atoms with Gasteiger partial charge in [-0.15, -0.1) is 0 Å². The molecule has 0 spiro atoms. The number of hydrogen-bond acceptors (Lipinski definition) is 3. The van der Waals surface area contributed by atoms with Crippen LogP contribution in [0.3, 0.4) is 0 Å². The van der Waals surface area contributed by atoms with Gasteiger partial charge in [0.05, 0.1) is 0 Å². The second kappa shape index (κ2) is 5.05. The van der Waals surface area contributed by atoms with E-state index in [9.17, 15) is 4.79 Å². The number of aromatic nitrogens is 1. The first-order chi connectivity index (χ1) is 8.85. The Bertz CT molecular complexity index is 620. The molecule has 0 saturated carbocycles. The van der Waals surface area contributed by atoms with Crippen LogP contribution < -0.4 is 5.32 Å². The molecule has 5 heteroatoms. The number of hydrogen-bond donors (Lipinski definition) is 1. The van der Waals surface area contributed by atoms with E-state index in [1.54, 1.807) is 12.3 Å². The van der Waals surface area contributed by atoms with E-state index in [0.717, 1.165) is 10.8 Å². The summed E-state index contributed by atoms with van der Waals surface area (Å²) in [4.78, 5) is 15.7. The van der Waals surface area contributed by atoms with Crippen LogP contribution in [-0.2, 0) is 4.74 Å². The van der Waals surface area contributed by atoms with Crippen molar-refractivity contribution in [3.63, 3.8) is 0 Å². The van der Waals surface area contributed by atoms with Crippen molar-refractivity contribution in [3.05, 3.63) is 35.6 Å². The number of benzene rings is 1. The number of nitrogens with one attached hydrogen (secondary N) is 1. The van der Waals surface area contributed by atoms with E-state index in [-0.39, 0.29) is 0 Å². The summed E-state index contributed by atoms with van der Waals surface area (Å²) in [5.74, 6) is 0. The van der Waals surface area contributed by atoms with Crippen LogP contribution in [0.1, 0.15) is 20.8 Å². The molecule has 0 fully saturated rings. The zero-order valence-electron chi connectivity index (χ0n) is 11.0. The molecule has 0 aliphatic heterocycles. The minimum atomic E-state index is -0.520. The fourth-order valence-corrected chi connectivity index (χ4v) is 1.87. The SMILES string of the molecule is CC(C)(C)OC(=O)Nc1ccc2c(Cl)nccc2c1. The molecule has 0 atom stereocenters. The molecule has 0 aliphatic rings. The Morgan fingerprint density at radius 1 is 1.32 bits per heavy atom. The topological polar surface area (TPSA) is 51.2 Å². The van der Waals surface area contributed by atoms with Gasteiger partial charge in [-0.05, 0) is 50.4 Å². The van der Waals surface area contributed by atoms with Crippen LogP contribution in [0.15, 0.2) is 30.5 Å². The van der Waals surface area contributed by atoms with Crippen LogP contribution in [0, 0.1) is 0 Å². The van der Waals surface area contributed by atoms with Crippen molar-refractivity contribution in [3.8, 4) is 0 Å². The standard InChI is InChI=1S/C14H15ClN2O2/c1-14(2,3)19-13(18)17-10-4-5-11-9(8-10)6-7-16-12(11)15/h4-8H,1-3H3,(H,17,18). The largest absolute Gasteiger partial charge is 0.444 e. The van der Waals surface area contributed by atoms with Gasteiger partial charge < -0.3 is 4.74 Å². The van der Waals surface area contributed by atoms with Gasteiger partial charge in [0.15, 0.2) is 0 Å². The number of fused-ring (bicyclic) bond motifs is 1. The van der Waals surface area contributed by atoms with Crippen molar-refractivity contribution in [2.45, 2.75) is 26.4 Å². The Kier molecular flexibility index (Phi) is 3.62. The molecule has 1 aromatic carbocycles. The van der Waals surface area contributed by atoms with Crippen LogP contribution in [0.4, 0.5) is 10.5 Å². The lowest BCUT2D eigenvalue weighted by Crippen LogP contribution is -2.27. The number of halogens is 1. The van der Waals surface area contributed by atoms with Gasteiger partial charge in [0.25, 0.3) is 0 Å². The third kappa shape index (κ3) is 3.58. The highest BCUT2D eigenvalue weighted by atomic mass is 35.5. The number of anilines is 1. The number of pyridine rings is 1. The number of carbonyl (C=O) groups excluding carboxylic acids is 1. The third-order valence-corrected chi connectivity index (χ3v) is 2.66. The number of carbonyl (C=O) groups is 1. The molecule has 19 heavy (non-hydrogen) atoms. The highest BCUT2D eigenvalue weighted by molar-refractivity contribution is 6.34. The average Bonchev–Trinajstić information content (AvgIpc) is 2.26. The summed E-state index contributed by atoms with van der Waals surface area (Å²) < 4.78 is 5.19. The molecule has 0 radical (unpaired) electrons. The van der Waals surface area contributed by atoms with E-state index in [1.807, 2.05) is 39.0 Å². The van der Waals surface area contributed by atoms with Crippen LogP contribution in [0.5, 0.6) is 0 Å². The van der Waals surface area contributed by atoms with Crippen LogP contribution >= 0.6 is 11.6 Å². The van der Waals surface area contributed by atoms with Crippen molar-refractivity contribution in [2.75, 3.05) is 5.32 Å². The summed E-state index contributed by atoms with van der Waals surface area (Å²) >= 11 is 5.98. The molecule has 0 saturated heterocycles. The Hall–Kier alpha value is -1.81. The third-order valence-electron chi connectivity index (χ3n) is 2.36. The highest BCUT2D eigenvalue weighted by Gasteiger charge is 2.16. The van der Waals surface area contributed by atoms with Crippen molar-refractivity contribution < 1.29 is 9.53 Å². The Morgan fingerprint density at radius 3 is 2.74 bits per heavy atom. The number of ether oxygens (including phenoxy) is 1. The zero-order valence-corrected chi connectivity index (χ0v) is 11.8. The summed E-state index contributed by atoms with van der Waals surface area (Å²) in [6.07, 6.45) is 1.15. The second-order valence-corrected chi connectivity index (χ2v) is 5.52. The minimum Gasteiger partial charge on any atom is -0.444 e. The molecule has 100 valence electrons. The van der Waals surface area contributed by atoms with Crippen molar-refractivity contribution in [1.82, 2.24) is 4.98 Å². The maximum atomic E-state index is 11.7. The lowest BCUT2D eigenvalue weighted by atomic mass is 10.1. The number of nitrogens with zero attached hydrogens (tertiary/aromatic N) is 1. The molecular formula is C14H15ClN2O2. The molecule has 0 aliphatic carbocycles. The molecule has 2 rings (SSSR count). The second-order valence-electron chi connectivity index (χ2n) is 5.16. The van der Waals surface area contributed by atoms with Crippen molar-refractivity contribution in [1.29, 1.82) is 0 Å². The molecule has 4 nitrogen and oxygen atoms in total. The molecule has 1 heterocycles. The fourth-order valence-electron chi connectivity index (χ4n) is 1.64. The Labute approximate surface area is 116 Å². The first-order valence-corrected chi connectivity index (χ1v) is 6.27.